The van der Waals surface area contributed by atoms with Crippen LogP contribution in [-0.2, 0) is 6.18 Å². The summed E-state index contributed by atoms with van der Waals surface area (Å²) < 4.78 is 48.0. The molecule has 0 amide bonds. The Morgan fingerprint density at radius 3 is 2.44 bits per heavy atom. The molecule has 2 aromatic rings. The number of nitro benzene ring substituents is 1. The number of alkyl halides is 3. The van der Waals surface area contributed by atoms with Gasteiger partial charge in [0.2, 0.25) is 5.75 Å². The van der Waals surface area contributed by atoms with Crippen LogP contribution in [0.1, 0.15) is 18.1 Å². The van der Waals surface area contributed by atoms with Crippen molar-refractivity contribution in [2.24, 2.45) is 5.10 Å². The largest absolute Gasteiger partial charge is 0.493 e. The molecular weight excluding hydrogens is 367 g/mol. The number of anilines is 1. The Hall–Kier alpha value is -3.30. The summed E-state index contributed by atoms with van der Waals surface area (Å²) in [5, 5.41) is 15.1. The lowest BCUT2D eigenvalue weighted by Gasteiger charge is -2.10. The maximum atomic E-state index is 12.5. The number of hydrogen-bond acceptors (Lipinski definition) is 6. The van der Waals surface area contributed by atoms with Crippen LogP contribution in [0.15, 0.2) is 41.5 Å². The molecule has 0 aliphatic carbocycles. The molecule has 0 aromatic heterocycles. The lowest BCUT2D eigenvalue weighted by atomic mass is 10.2. The maximum Gasteiger partial charge on any atom is 0.416 e. The molecule has 0 heterocycles. The number of methoxy groups -OCH3 is 1. The highest BCUT2D eigenvalue weighted by atomic mass is 19.4. The van der Waals surface area contributed by atoms with Gasteiger partial charge in [-0.15, -0.1) is 0 Å². The fourth-order valence-electron chi connectivity index (χ4n) is 2.17. The minimum Gasteiger partial charge on any atom is -0.493 e. The van der Waals surface area contributed by atoms with Crippen molar-refractivity contribution in [3.8, 4) is 11.5 Å². The fraction of sp³-hybridized carbons (Fsp3) is 0.235. The van der Waals surface area contributed by atoms with Crippen molar-refractivity contribution in [1.29, 1.82) is 0 Å². The summed E-state index contributed by atoms with van der Waals surface area (Å²) in [5.74, 6) is 0.180. The van der Waals surface area contributed by atoms with E-state index in [0.29, 0.717) is 11.3 Å². The molecule has 27 heavy (non-hydrogen) atoms. The molecule has 1 N–H and O–H groups in total. The van der Waals surface area contributed by atoms with E-state index in [1.165, 1.54) is 37.6 Å². The van der Waals surface area contributed by atoms with E-state index < -0.39 is 16.7 Å². The lowest BCUT2D eigenvalue weighted by Crippen LogP contribution is -2.04. The van der Waals surface area contributed by atoms with E-state index in [1.807, 2.05) is 0 Å². The maximum absolute atomic E-state index is 12.5. The smallest absolute Gasteiger partial charge is 0.416 e. The van der Waals surface area contributed by atoms with Crippen molar-refractivity contribution in [2.75, 3.05) is 19.1 Å². The SMILES string of the molecule is CCOc1c(OC)cc(C=NNc2ccc(C(F)(F)F)cc2)cc1[N+](=O)[O-]. The van der Waals surface area contributed by atoms with Gasteiger partial charge < -0.3 is 9.47 Å². The number of nitrogens with one attached hydrogen (secondary N) is 1. The predicted molar refractivity (Wildman–Crippen MR) is 93.5 cm³/mol. The Balaban J connectivity index is 2.21. The first-order chi connectivity index (χ1) is 12.8. The summed E-state index contributed by atoms with van der Waals surface area (Å²) in [4.78, 5) is 10.6. The number of halogens is 3. The van der Waals surface area contributed by atoms with Crippen molar-refractivity contribution in [3.05, 3.63) is 57.6 Å². The van der Waals surface area contributed by atoms with E-state index in [2.05, 4.69) is 10.5 Å². The summed E-state index contributed by atoms with van der Waals surface area (Å²) in [6.45, 7) is 1.91. The van der Waals surface area contributed by atoms with Crippen molar-refractivity contribution < 1.29 is 27.6 Å². The molecule has 7 nitrogen and oxygen atoms in total. The zero-order valence-corrected chi connectivity index (χ0v) is 14.4. The van der Waals surface area contributed by atoms with E-state index in [4.69, 9.17) is 9.47 Å². The minimum absolute atomic E-state index is 0.0119. The van der Waals surface area contributed by atoms with Gasteiger partial charge in [0, 0.05) is 11.6 Å². The molecule has 0 saturated heterocycles. The Labute approximate surface area is 152 Å². The summed E-state index contributed by atoms with van der Waals surface area (Å²) in [6.07, 6.45) is -3.14. The first kappa shape index (κ1) is 20.0. The molecule has 0 aliphatic rings. The molecule has 0 spiro atoms. The van der Waals surface area contributed by atoms with E-state index in [0.717, 1.165) is 12.1 Å². The van der Waals surface area contributed by atoms with Gasteiger partial charge in [0.1, 0.15) is 0 Å². The van der Waals surface area contributed by atoms with Crippen LogP contribution in [0.5, 0.6) is 11.5 Å². The van der Waals surface area contributed by atoms with Gasteiger partial charge in [0.25, 0.3) is 0 Å². The van der Waals surface area contributed by atoms with E-state index >= 15 is 0 Å². The number of benzene rings is 2. The van der Waals surface area contributed by atoms with Crippen molar-refractivity contribution >= 4 is 17.6 Å². The Kier molecular flexibility index (Phi) is 6.22. The summed E-state index contributed by atoms with van der Waals surface area (Å²) >= 11 is 0. The second-order valence-electron chi connectivity index (χ2n) is 5.21. The lowest BCUT2D eigenvalue weighted by molar-refractivity contribution is -0.385. The fourth-order valence-corrected chi connectivity index (χ4v) is 2.17. The number of hydrogen-bond donors (Lipinski definition) is 1. The van der Waals surface area contributed by atoms with Gasteiger partial charge >= 0.3 is 11.9 Å². The number of nitro groups is 1. The summed E-state index contributed by atoms with van der Waals surface area (Å²) in [5.41, 5.74) is 2.17. The highest BCUT2D eigenvalue weighted by Crippen LogP contribution is 2.38. The van der Waals surface area contributed by atoms with Crippen molar-refractivity contribution in [3.63, 3.8) is 0 Å². The van der Waals surface area contributed by atoms with Gasteiger partial charge in [-0.3, -0.25) is 15.5 Å². The van der Waals surface area contributed by atoms with Crippen LogP contribution in [0.25, 0.3) is 0 Å². The molecule has 144 valence electrons. The van der Waals surface area contributed by atoms with Gasteiger partial charge in [0.15, 0.2) is 5.75 Å². The summed E-state index contributed by atoms with van der Waals surface area (Å²) in [7, 11) is 1.35. The molecule has 0 fully saturated rings. The number of ether oxygens (including phenoxy) is 2. The Morgan fingerprint density at radius 2 is 1.93 bits per heavy atom. The molecule has 0 unspecified atom stereocenters. The van der Waals surface area contributed by atoms with Gasteiger partial charge in [-0.25, -0.2) is 0 Å². The third-order valence-electron chi connectivity index (χ3n) is 3.38. The van der Waals surface area contributed by atoms with Gasteiger partial charge in [-0.1, -0.05) is 0 Å². The van der Waals surface area contributed by atoms with Crippen LogP contribution in [0.2, 0.25) is 0 Å². The van der Waals surface area contributed by atoms with Crippen LogP contribution in [0, 0.1) is 10.1 Å². The van der Waals surface area contributed by atoms with E-state index in [1.54, 1.807) is 6.92 Å². The zero-order valence-electron chi connectivity index (χ0n) is 14.4. The Morgan fingerprint density at radius 1 is 1.26 bits per heavy atom. The van der Waals surface area contributed by atoms with Crippen molar-refractivity contribution in [1.82, 2.24) is 0 Å². The average Bonchev–Trinajstić information content (AvgIpc) is 2.62. The molecule has 10 heteroatoms. The van der Waals surface area contributed by atoms with Crippen LogP contribution < -0.4 is 14.9 Å². The summed E-state index contributed by atoms with van der Waals surface area (Å²) in [6, 6.07) is 7.04. The standard InChI is InChI=1S/C17H16F3N3O4/c1-3-27-16-14(23(24)25)8-11(9-15(16)26-2)10-21-22-13-6-4-12(5-7-13)17(18,19)20/h4-10,22H,3H2,1-2H3. The quantitative estimate of drug-likeness (QED) is 0.433. The van der Waals surface area contributed by atoms with Gasteiger partial charge in [-0.05, 0) is 37.3 Å². The van der Waals surface area contributed by atoms with E-state index in [-0.39, 0.29) is 23.8 Å². The normalized spacial score (nSPS) is 11.4. The van der Waals surface area contributed by atoms with Gasteiger partial charge in [-0.2, -0.15) is 18.3 Å². The highest BCUT2D eigenvalue weighted by Gasteiger charge is 2.29. The first-order valence-corrected chi connectivity index (χ1v) is 7.71. The molecule has 2 rings (SSSR count). The molecule has 0 aliphatic heterocycles. The predicted octanol–water partition coefficient (Wildman–Crippen LogP) is 4.47. The van der Waals surface area contributed by atoms with Crippen LogP contribution in [-0.4, -0.2) is 24.9 Å². The molecule has 0 radical (unpaired) electrons. The van der Waals surface area contributed by atoms with Gasteiger partial charge in [0.05, 0.1) is 36.1 Å². The topological polar surface area (TPSA) is 86.0 Å². The average molecular weight is 383 g/mol. The third kappa shape index (κ3) is 5.09. The van der Waals surface area contributed by atoms with Crippen molar-refractivity contribution in [2.45, 2.75) is 13.1 Å². The second kappa shape index (κ2) is 8.39. The number of nitrogens with zero attached hydrogens (tertiary/aromatic N) is 2. The van der Waals surface area contributed by atoms with Crippen LogP contribution >= 0.6 is 0 Å². The third-order valence-corrected chi connectivity index (χ3v) is 3.38. The number of hydrazone groups is 1. The van der Waals surface area contributed by atoms with Crippen LogP contribution in [0.4, 0.5) is 24.5 Å². The minimum atomic E-state index is -4.42. The second-order valence-corrected chi connectivity index (χ2v) is 5.21. The van der Waals surface area contributed by atoms with E-state index in [9.17, 15) is 23.3 Å². The first-order valence-electron chi connectivity index (χ1n) is 7.71. The molecule has 0 bridgehead atoms. The monoisotopic (exact) mass is 383 g/mol. The molecular formula is C17H16F3N3O4. The zero-order chi connectivity index (χ0) is 20.0. The van der Waals surface area contributed by atoms with Crippen LogP contribution in [0.3, 0.4) is 0 Å². The Bertz CT molecular complexity index is 837. The number of rotatable bonds is 7. The molecule has 0 atom stereocenters. The molecule has 2 aromatic carbocycles. The highest BCUT2D eigenvalue weighted by molar-refractivity contribution is 5.83. The molecule has 0 saturated carbocycles.